The van der Waals surface area contributed by atoms with Gasteiger partial charge in [0.1, 0.15) is 11.5 Å². The Bertz CT molecular complexity index is 588. The second-order valence-corrected chi connectivity index (χ2v) is 4.80. The molecule has 0 radical (unpaired) electrons. The van der Waals surface area contributed by atoms with Gasteiger partial charge in [0, 0.05) is 17.5 Å². The highest BCUT2D eigenvalue weighted by atomic mass is 16.5. The van der Waals surface area contributed by atoms with Gasteiger partial charge in [-0.3, -0.25) is 4.79 Å². The van der Waals surface area contributed by atoms with Gasteiger partial charge in [-0.25, -0.2) is 0 Å². The van der Waals surface area contributed by atoms with E-state index >= 15 is 0 Å². The van der Waals surface area contributed by atoms with Crippen LogP contribution in [0.15, 0.2) is 48.5 Å². The van der Waals surface area contributed by atoms with Crippen LogP contribution in [0.25, 0.3) is 0 Å². The van der Waals surface area contributed by atoms with Crippen molar-refractivity contribution in [3.05, 3.63) is 59.7 Å². The number of carbonyl (C=O) groups excluding carboxylic acids is 1. The third kappa shape index (κ3) is 2.27. The Hall–Kier alpha value is -2.29. The molecule has 0 spiro atoms. The van der Waals surface area contributed by atoms with E-state index in [9.17, 15) is 4.79 Å². The Labute approximate surface area is 118 Å². The van der Waals surface area contributed by atoms with Crippen LogP contribution in [0.2, 0.25) is 0 Å². The number of esters is 1. The molecule has 2 aromatic rings. The smallest absolute Gasteiger partial charge is 0.306 e. The van der Waals surface area contributed by atoms with Crippen molar-refractivity contribution in [2.24, 2.45) is 0 Å². The molecule has 0 amide bonds. The van der Waals surface area contributed by atoms with Crippen LogP contribution in [0.4, 0.5) is 0 Å². The van der Waals surface area contributed by atoms with E-state index in [1.54, 1.807) is 0 Å². The van der Waals surface area contributed by atoms with E-state index in [1.165, 1.54) is 0 Å². The molecule has 3 rings (SSSR count). The number of ether oxygens (including phenoxy) is 2. The molecule has 3 nitrogen and oxygen atoms in total. The standard InChI is InChI=1S/C17H16O3/c1-2-7-16(18)20-17-12-8-3-5-10-14(12)19-15-11-6-4-9-13(15)17/h3-6,8-11,17H,2,7H2,1H3. The number of hydrogen-bond donors (Lipinski definition) is 0. The molecule has 0 saturated heterocycles. The molecule has 20 heavy (non-hydrogen) atoms. The van der Waals surface area contributed by atoms with E-state index in [0.29, 0.717) is 6.42 Å². The number of para-hydroxylation sites is 2. The predicted octanol–water partition coefficient (Wildman–Crippen LogP) is 4.23. The number of benzene rings is 2. The maximum atomic E-state index is 11.9. The van der Waals surface area contributed by atoms with Crippen molar-refractivity contribution < 1.29 is 14.3 Å². The van der Waals surface area contributed by atoms with Crippen molar-refractivity contribution in [1.82, 2.24) is 0 Å². The van der Waals surface area contributed by atoms with Crippen LogP contribution in [-0.2, 0) is 9.53 Å². The molecule has 1 heterocycles. The van der Waals surface area contributed by atoms with Crippen molar-refractivity contribution in [3.63, 3.8) is 0 Å². The molecule has 0 saturated carbocycles. The zero-order valence-corrected chi connectivity index (χ0v) is 11.3. The van der Waals surface area contributed by atoms with E-state index < -0.39 is 0 Å². The van der Waals surface area contributed by atoms with Crippen LogP contribution < -0.4 is 4.74 Å². The van der Waals surface area contributed by atoms with Crippen LogP contribution in [-0.4, -0.2) is 5.97 Å². The summed E-state index contributed by atoms with van der Waals surface area (Å²) in [6.45, 7) is 1.97. The van der Waals surface area contributed by atoms with E-state index in [2.05, 4.69) is 0 Å². The lowest BCUT2D eigenvalue weighted by Gasteiger charge is -2.27. The number of carbonyl (C=O) groups is 1. The van der Waals surface area contributed by atoms with Crippen LogP contribution in [0, 0.1) is 0 Å². The van der Waals surface area contributed by atoms with E-state index in [-0.39, 0.29) is 12.1 Å². The largest absolute Gasteiger partial charge is 0.456 e. The van der Waals surface area contributed by atoms with E-state index in [0.717, 1.165) is 29.0 Å². The highest BCUT2D eigenvalue weighted by Gasteiger charge is 2.29. The van der Waals surface area contributed by atoms with Crippen molar-refractivity contribution in [3.8, 4) is 11.5 Å². The molecule has 1 aliphatic heterocycles. The highest BCUT2D eigenvalue weighted by molar-refractivity contribution is 5.70. The van der Waals surface area contributed by atoms with Crippen LogP contribution in [0.3, 0.4) is 0 Å². The molecule has 102 valence electrons. The Morgan fingerprint density at radius 3 is 2.15 bits per heavy atom. The fourth-order valence-electron chi connectivity index (χ4n) is 2.39. The summed E-state index contributed by atoms with van der Waals surface area (Å²) in [5, 5.41) is 0. The maximum absolute atomic E-state index is 11.9. The minimum Gasteiger partial charge on any atom is -0.456 e. The zero-order chi connectivity index (χ0) is 13.9. The lowest BCUT2D eigenvalue weighted by Crippen LogP contribution is -2.16. The number of hydrogen-bond acceptors (Lipinski definition) is 3. The first-order chi connectivity index (χ1) is 9.79. The predicted molar refractivity (Wildman–Crippen MR) is 75.8 cm³/mol. The Morgan fingerprint density at radius 1 is 1.05 bits per heavy atom. The van der Waals surface area contributed by atoms with Crippen molar-refractivity contribution in [2.45, 2.75) is 25.9 Å². The first-order valence-electron chi connectivity index (χ1n) is 6.84. The third-order valence-electron chi connectivity index (χ3n) is 3.33. The summed E-state index contributed by atoms with van der Waals surface area (Å²) in [5.41, 5.74) is 1.80. The van der Waals surface area contributed by atoms with Gasteiger partial charge in [0.2, 0.25) is 0 Å². The van der Waals surface area contributed by atoms with Gasteiger partial charge in [-0.2, -0.15) is 0 Å². The van der Waals surface area contributed by atoms with E-state index in [4.69, 9.17) is 9.47 Å². The first-order valence-corrected chi connectivity index (χ1v) is 6.84. The molecule has 0 atom stereocenters. The van der Waals surface area contributed by atoms with Crippen molar-refractivity contribution in [1.29, 1.82) is 0 Å². The molecule has 0 N–H and O–H groups in total. The lowest BCUT2D eigenvalue weighted by molar-refractivity contribution is -0.147. The zero-order valence-electron chi connectivity index (χ0n) is 11.3. The van der Waals surface area contributed by atoms with Gasteiger partial charge in [-0.1, -0.05) is 43.3 Å². The van der Waals surface area contributed by atoms with Crippen LogP contribution >= 0.6 is 0 Å². The normalized spacial score (nSPS) is 13.1. The molecule has 0 unspecified atom stereocenters. The number of fused-ring (bicyclic) bond motifs is 2. The van der Waals surface area contributed by atoms with Crippen LogP contribution in [0.1, 0.15) is 37.0 Å². The summed E-state index contributed by atoms with van der Waals surface area (Å²) in [4.78, 5) is 11.9. The fraction of sp³-hybridized carbons (Fsp3) is 0.235. The molecule has 0 aliphatic carbocycles. The van der Waals surface area contributed by atoms with Gasteiger partial charge in [0.05, 0.1) is 0 Å². The molecule has 0 bridgehead atoms. The van der Waals surface area contributed by atoms with E-state index in [1.807, 2.05) is 55.5 Å². The SMILES string of the molecule is CCCC(=O)OC1c2ccccc2Oc2ccccc21. The Balaban J connectivity index is 2.01. The summed E-state index contributed by atoms with van der Waals surface area (Å²) >= 11 is 0. The van der Waals surface area contributed by atoms with Gasteiger partial charge in [0.15, 0.2) is 6.10 Å². The first kappa shape index (κ1) is 12.7. The second kappa shape index (κ2) is 5.37. The Morgan fingerprint density at radius 2 is 1.60 bits per heavy atom. The van der Waals surface area contributed by atoms with Gasteiger partial charge < -0.3 is 9.47 Å². The lowest BCUT2D eigenvalue weighted by atomic mass is 9.97. The minimum absolute atomic E-state index is 0.177. The van der Waals surface area contributed by atoms with Gasteiger partial charge >= 0.3 is 5.97 Å². The van der Waals surface area contributed by atoms with Crippen molar-refractivity contribution in [2.75, 3.05) is 0 Å². The molecule has 3 heteroatoms. The minimum atomic E-state index is -0.379. The van der Waals surface area contributed by atoms with Gasteiger partial charge in [-0.15, -0.1) is 0 Å². The molecule has 0 fully saturated rings. The topological polar surface area (TPSA) is 35.5 Å². The highest BCUT2D eigenvalue weighted by Crippen LogP contribution is 2.44. The molecule has 0 aromatic heterocycles. The van der Waals surface area contributed by atoms with Crippen molar-refractivity contribution >= 4 is 5.97 Å². The summed E-state index contributed by atoms with van der Waals surface area (Å²) in [6.07, 6.45) is 0.836. The molecular formula is C17H16O3. The average Bonchev–Trinajstić information content (AvgIpc) is 2.47. The Kier molecular flexibility index (Phi) is 3.42. The fourth-order valence-corrected chi connectivity index (χ4v) is 2.39. The third-order valence-corrected chi connectivity index (χ3v) is 3.33. The summed E-state index contributed by atoms with van der Waals surface area (Å²) < 4.78 is 11.5. The maximum Gasteiger partial charge on any atom is 0.306 e. The average molecular weight is 268 g/mol. The second-order valence-electron chi connectivity index (χ2n) is 4.80. The number of rotatable bonds is 3. The summed E-state index contributed by atoms with van der Waals surface area (Å²) in [7, 11) is 0. The molecular weight excluding hydrogens is 252 g/mol. The molecule has 2 aromatic carbocycles. The van der Waals surface area contributed by atoms with Gasteiger partial charge in [-0.05, 0) is 18.6 Å². The van der Waals surface area contributed by atoms with Crippen LogP contribution in [0.5, 0.6) is 11.5 Å². The summed E-state index contributed by atoms with van der Waals surface area (Å²) in [5.74, 6) is 1.32. The quantitative estimate of drug-likeness (QED) is 0.782. The summed E-state index contributed by atoms with van der Waals surface area (Å²) in [6, 6.07) is 15.4. The van der Waals surface area contributed by atoms with Gasteiger partial charge in [0.25, 0.3) is 0 Å². The monoisotopic (exact) mass is 268 g/mol. The molecule has 1 aliphatic rings.